The lowest BCUT2D eigenvalue weighted by molar-refractivity contribution is -0.384. The van der Waals surface area contributed by atoms with Gasteiger partial charge in [0.15, 0.2) is 0 Å². The first-order valence-corrected chi connectivity index (χ1v) is 9.73. The number of benzene rings is 3. The first-order valence-electron chi connectivity index (χ1n) is 9.73. The molecule has 1 N–H and O–H groups in total. The molecule has 1 atom stereocenters. The van der Waals surface area contributed by atoms with Crippen LogP contribution in [0, 0.1) is 10.1 Å². The Morgan fingerprint density at radius 3 is 2.41 bits per heavy atom. The van der Waals surface area contributed by atoms with Crippen molar-refractivity contribution in [1.29, 1.82) is 0 Å². The number of hydrogen-bond donors (Lipinski definition) is 1. The number of nitrogens with zero attached hydrogens (tertiary/aromatic N) is 2. The van der Waals surface area contributed by atoms with Crippen molar-refractivity contribution < 1.29 is 4.92 Å². The van der Waals surface area contributed by atoms with Crippen molar-refractivity contribution >= 4 is 5.69 Å². The molecule has 0 spiro atoms. The van der Waals surface area contributed by atoms with Gasteiger partial charge in [0.2, 0.25) is 0 Å². The second kappa shape index (κ2) is 9.45. The summed E-state index contributed by atoms with van der Waals surface area (Å²) in [4.78, 5) is 12.8. The molecule has 0 amide bonds. The molecule has 5 nitrogen and oxygen atoms in total. The minimum absolute atomic E-state index is 0.00502. The molecule has 0 saturated heterocycles. The fraction of sp³-hybridized carbons (Fsp3) is 0.250. The monoisotopic (exact) mass is 389 g/mol. The summed E-state index contributed by atoms with van der Waals surface area (Å²) in [5.41, 5.74) is 5.90. The van der Waals surface area contributed by atoms with Gasteiger partial charge in [-0.05, 0) is 48.8 Å². The van der Waals surface area contributed by atoms with Crippen LogP contribution in [0.15, 0.2) is 72.8 Å². The molecule has 3 rings (SSSR count). The van der Waals surface area contributed by atoms with Crippen LogP contribution in [0.3, 0.4) is 0 Å². The summed E-state index contributed by atoms with van der Waals surface area (Å²) in [7, 11) is 4.13. The minimum atomic E-state index is -0.356. The molecule has 0 aromatic heterocycles. The molecule has 0 aliphatic carbocycles. The summed E-state index contributed by atoms with van der Waals surface area (Å²) in [6.45, 7) is 3.63. The summed E-state index contributed by atoms with van der Waals surface area (Å²) < 4.78 is 0. The van der Waals surface area contributed by atoms with E-state index in [4.69, 9.17) is 0 Å². The number of rotatable bonds is 8. The predicted octanol–water partition coefficient (Wildman–Crippen LogP) is 5.17. The van der Waals surface area contributed by atoms with Crippen LogP contribution in [-0.4, -0.2) is 23.9 Å². The van der Waals surface area contributed by atoms with Crippen LogP contribution in [0.25, 0.3) is 11.1 Å². The maximum atomic E-state index is 11.0. The van der Waals surface area contributed by atoms with Crippen molar-refractivity contribution in [2.45, 2.75) is 26.1 Å². The van der Waals surface area contributed by atoms with Gasteiger partial charge in [-0.1, -0.05) is 60.7 Å². The normalized spacial score (nSPS) is 12.1. The van der Waals surface area contributed by atoms with E-state index >= 15 is 0 Å². The number of hydrogen-bond acceptors (Lipinski definition) is 4. The Hall–Kier alpha value is -3.02. The van der Waals surface area contributed by atoms with Crippen LogP contribution in [0.1, 0.15) is 29.7 Å². The van der Waals surface area contributed by atoms with Crippen molar-refractivity contribution in [3.63, 3.8) is 0 Å². The summed E-state index contributed by atoms with van der Waals surface area (Å²) in [6, 6.07) is 23.8. The van der Waals surface area contributed by atoms with E-state index in [9.17, 15) is 10.1 Å². The van der Waals surface area contributed by atoms with Crippen molar-refractivity contribution in [3.05, 3.63) is 99.6 Å². The molecule has 0 fully saturated rings. The molecule has 3 aromatic rings. The third kappa shape index (κ3) is 5.50. The average Bonchev–Trinajstić information content (AvgIpc) is 2.72. The Morgan fingerprint density at radius 2 is 1.72 bits per heavy atom. The van der Waals surface area contributed by atoms with Crippen LogP contribution in [0.4, 0.5) is 5.69 Å². The quantitative estimate of drug-likeness (QED) is 0.426. The lowest BCUT2D eigenvalue weighted by Gasteiger charge is -2.17. The number of nitro benzene ring substituents is 1. The highest BCUT2D eigenvalue weighted by Crippen LogP contribution is 2.25. The maximum absolute atomic E-state index is 11.0. The Balaban J connectivity index is 1.74. The van der Waals surface area contributed by atoms with Gasteiger partial charge in [0.05, 0.1) is 4.92 Å². The van der Waals surface area contributed by atoms with Crippen LogP contribution in [0.5, 0.6) is 0 Å². The van der Waals surface area contributed by atoms with Crippen LogP contribution in [0.2, 0.25) is 0 Å². The molecule has 29 heavy (non-hydrogen) atoms. The minimum Gasteiger partial charge on any atom is -0.306 e. The summed E-state index contributed by atoms with van der Waals surface area (Å²) in [6.07, 6.45) is 0. The smallest absolute Gasteiger partial charge is 0.269 e. The highest BCUT2D eigenvalue weighted by atomic mass is 16.6. The second-order valence-electron chi connectivity index (χ2n) is 7.55. The Kier molecular flexibility index (Phi) is 6.75. The number of nitro groups is 1. The van der Waals surface area contributed by atoms with Gasteiger partial charge < -0.3 is 10.2 Å². The molecule has 0 saturated carbocycles. The molecule has 5 heteroatoms. The zero-order valence-electron chi connectivity index (χ0n) is 17.1. The summed E-state index contributed by atoms with van der Waals surface area (Å²) >= 11 is 0. The molecule has 0 heterocycles. The third-order valence-corrected chi connectivity index (χ3v) is 4.96. The van der Waals surface area contributed by atoms with Crippen molar-refractivity contribution in [3.8, 4) is 11.1 Å². The highest BCUT2D eigenvalue weighted by Gasteiger charge is 2.12. The van der Waals surface area contributed by atoms with Crippen LogP contribution in [-0.2, 0) is 13.1 Å². The van der Waals surface area contributed by atoms with E-state index in [1.54, 1.807) is 12.1 Å². The molecule has 0 radical (unpaired) electrons. The SMILES string of the molecule is CC(NCc1ccccc1-c1ccc(CN(C)C)cc1)c1cccc([N+](=O)[O-])c1. The molecule has 0 aliphatic heterocycles. The fourth-order valence-corrected chi connectivity index (χ4v) is 3.40. The Labute approximate surface area is 172 Å². The Bertz CT molecular complexity index is 968. The lowest BCUT2D eigenvalue weighted by Crippen LogP contribution is -2.18. The van der Waals surface area contributed by atoms with Crippen LogP contribution < -0.4 is 5.32 Å². The van der Waals surface area contributed by atoms with Gasteiger partial charge >= 0.3 is 0 Å². The first kappa shape index (κ1) is 20.7. The molecular formula is C24H27N3O2. The topological polar surface area (TPSA) is 58.4 Å². The van der Waals surface area contributed by atoms with Crippen molar-refractivity contribution in [2.75, 3.05) is 14.1 Å². The van der Waals surface area contributed by atoms with E-state index in [1.165, 1.54) is 28.3 Å². The molecule has 0 aliphatic rings. The molecule has 1 unspecified atom stereocenters. The van der Waals surface area contributed by atoms with Gasteiger partial charge in [-0.3, -0.25) is 10.1 Å². The number of nitrogens with one attached hydrogen (secondary N) is 1. The summed E-state index contributed by atoms with van der Waals surface area (Å²) in [5.74, 6) is 0. The summed E-state index contributed by atoms with van der Waals surface area (Å²) in [5, 5.41) is 14.5. The first-order chi connectivity index (χ1) is 13.9. The van der Waals surface area contributed by atoms with Crippen molar-refractivity contribution in [1.82, 2.24) is 10.2 Å². The van der Waals surface area contributed by atoms with Gasteiger partial charge in [-0.15, -0.1) is 0 Å². The van der Waals surface area contributed by atoms with Crippen molar-refractivity contribution in [2.24, 2.45) is 0 Å². The maximum Gasteiger partial charge on any atom is 0.269 e. The van der Waals surface area contributed by atoms with E-state index in [1.807, 2.05) is 19.1 Å². The second-order valence-corrected chi connectivity index (χ2v) is 7.55. The van der Waals surface area contributed by atoms with E-state index < -0.39 is 0 Å². The molecule has 150 valence electrons. The van der Waals surface area contributed by atoms with Gasteiger partial charge in [-0.2, -0.15) is 0 Å². The zero-order chi connectivity index (χ0) is 20.8. The largest absolute Gasteiger partial charge is 0.306 e. The third-order valence-electron chi connectivity index (χ3n) is 4.96. The average molecular weight is 389 g/mol. The van der Waals surface area contributed by atoms with Gasteiger partial charge in [-0.25, -0.2) is 0 Å². The molecular weight excluding hydrogens is 362 g/mol. The highest BCUT2D eigenvalue weighted by molar-refractivity contribution is 5.67. The van der Waals surface area contributed by atoms with E-state index in [-0.39, 0.29) is 16.7 Å². The zero-order valence-corrected chi connectivity index (χ0v) is 17.1. The molecule has 3 aromatic carbocycles. The lowest BCUT2D eigenvalue weighted by atomic mass is 9.98. The fourth-order valence-electron chi connectivity index (χ4n) is 3.40. The van der Waals surface area contributed by atoms with Gasteiger partial charge in [0.1, 0.15) is 0 Å². The van der Waals surface area contributed by atoms with Gasteiger partial charge in [0, 0.05) is 31.3 Å². The van der Waals surface area contributed by atoms with E-state index in [2.05, 4.69) is 66.8 Å². The standard InChI is InChI=1S/C24H27N3O2/c1-18(21-8-6-9-23(15-21)27(28)29)25-16-22-7-4-5-10-24(22)20-13-11-19(12-14-20)17-26(2)3/h4-15,18,25H,16-17H2,1-3H3. The Morgan fingerprint density at radius 1 is 1.00 bits per heavy atom. The van der Waals surface area contributed by atoms with E-state index in [0.717, 1.165) is 12.1 Å². The van der Waals surface area contributed by atoms with E-state index in [0.29, 0.717) is 6.54 Å². The predicted molar refractivity (Wildman–Crippen MR) is 118 cm³/mol. The van der Waals surface area contributed by atoms with Gasteiger partial charge in [0.25, 0.3) is 5.69 Å². The molecule has 0 bridgehead atoms. The van der Waals surface area contributed by atoms with Crippen LogP contribution >= 0.6 is 0 Å². The number of non-ortho nitro benzene ring substituents is 1.